The smallest absolute Gasteiger partial charge is 0.0217 e. The highest BCUT2D eigenvalue weighted by Gasteiger charge is 2.22. The monoisotopic (exact) mass is 239 g/mol. The van der Waals surface area contributed by atoms with E-state index in [4.69, 9.17) is 0 Å². The van der Waals surface area contributed by atoms with Crippen molar-refractivity contribution in [3.05, 3.63) is 0 Å². The lowest BCUT2D eigenvalue weighted by molar-refractivity contribution is 0.157. The second-order valence-corrected chi connectivity index (χ2v) is 5.77. The maximum atomic E-state index is 3.80. The topological polar surface area (TPSA) is 18.5 Å². The lowest BCUT2D eigenvalue weighted by Gasteiger charge is -2.36. The zero-order valence-electron chi connectivity index (χ0n) is 11.6. The summed E-state index contributed by atoms with van der Waals surface area (Å²) < 4.78 is 0. The molecular formula is C14H29N3. The number of rotatable bonds is 4. The van der Waals surface area contributed by atoms with Gasteiger partial charge in [0.2, 0.25) is 0 Å². The second kappa shape index (κ2) is 6.72. The van der Waals surface area contributed by atoms with Crippen molar-refractivity contribution in [2.45, 2.75) is 51.1 Å². The van der Waals surface area contributed by atoms with Gasteiger partial charge in [-0.05, 0) is 52.4 Å². The number of piperidine rings is 2. The molecule has 2 rings (SSSR count). The van der Waals surface area contributed by atoms with Crippen molar-refractivity contribution >= 4 is 0 Å². The van der Waals surface area contributed by atoms with E-state index in [9.17, 15) is 0 Å². The van der Waals surface area contributed by atoms with E-state index in [1.54, 1.807) is 0 Å². The van der Waals surface area contributed by atoms with Gasteiger partial charge in [-0.3, -0.25) is 0 Å². The molecule has 0 radical (unpaired) electrons. The van der Waals surface area contributed by atoms with Gasteiger partial charge in [-0.15, -0.1) is 0 Å². The van der Waals surface area contributed by atoms with Crippen LogP contribution in [-0.4, -0.2) is 61.7 Å². The Kier molecular flexibility index (Phi) is 5.26. The average molecular weight is 239 g/mol. The molecule has 3 nitrogen and oxygen atoms in total. The molecule has 0 saturated carbocycles. The van der Waals surface area contributed by atoms with E-state index in [0.717, 1.165) is 12.1 Å². The highest BCUT2D eigenvalue weighted by molar-refractivity contribution is 4.82. The summed E-state index contributed by atoms with van der Waals surface area (Å²) in [6.07, 6.45) is 6.93. The molecule has 0 aromatic heterocycles. The predicted octanol–water partition coefficient (Wildman–Crippen LogP) is 1.54. The Bertz CT molecular complexity index is 220. The third-order valence-electron chi connectivity index (χ3n) is 4.52. The molecule has 0 aliphatic carbocycles. The van der Waals surface area contributed by atoms with Crippen molar-refractivity contribution in [1.29, 1.82) is 0 Å². The van der Waals surface area contributed by atoms with Gasteiger partial charge in [-0.2, -0.15) is 0 Å². The van der Waals surface area contributed by atoms with Crippen LogP contribution in [0.1, 0.15) is 39.0 Å². The summed E-state index contributed by atoms with van der Waals surface area (Å²) >= 11 is 0. The zero-order valence-corrected chi connectivity index (χ0v) is 11.6. The van der Waals surface area contributed by atoms with Crippen molar-refractivity contribution in [2.24, 2.45) is 0 Å². The van der Waals surface area contributed by atoms with Gasteiger partial charge in [0.15, 0.2) is 0 Å². The van der Waals surface area contributed by atoms with Crippen LogP contribution >= 0.6 is 0 Å². The van der Waals surface area contributed by atoms with Crippen LogP contribution in [0, 0.1) is 0 Å². The first-order chi connectivity index (χ1) is 8.29. The summed E-state index contributed by atoms with van der Waals surface area (Å²) in [5, 5.41) is 3.80. The number of hydrogen-bond donors (Lipinski definition) is 1. The largest absolute Gasteiger partial charge is 0.311 e. The Balaban J connectivity index is 1.69. The van der Waals surface area contributed by atoms with E-state index >= 15 is 0 Å². The van der Waals surface area contributed by atoms with Crippen LogP contribution in [0.5, 0.6) is 0 Å². The third kappa shape index (κ3) is 3.94. The molecule has 2 saturated heterocycles. The SMILES string of the molecule is CCN1CCCC(NCC2CCCCN2C)C1. The zero-order chi connectivity index (χ0) is 12.1. The lowest BCUT2D eigenvalue weighted by Crippen LogP contribution is -2.50. The van der Waals surface area contributed by atoms with E-state index in [0.29, 0.717) is 0 Å². The van der Waals surface area contributed by atoms with Crippen LogP contribution in [0.3, 0.4) is 0 Å². The van der Waals surface area contributed by atoms with Gasteiger partial charge < -0.3 is 15.1 Å². The van der Waals surface area contributed by atoms with E-state index < -0.39 is 0 Å². The fraction of sp³-hybridized carbons (Fsp3) is 1.00. The molecule has 2 aliphatic heterocycles. The Labute approximate surface area is 107 Å². The number of nitrogens with one attached hydrogen (secondary N) is 1. The summed E-state index contributed by atoms with van der Waals surface area (Å²) in [4.78, 5) is 5.11. The highest BCUT2D eigenvalue weighted by atomic mass is 15.2. The summed E-state index contributed by atoms with van der Waals surface area (Å²) in [5.41, 5.74) is 0. The molecule has 2 atom stereocenters. The molecule has 100 valence electrons. The fourth-order valence-corrected chi connectivity index (χ4v) is 3.21. The van der Waals surface area contributed by atoms with E-state index in [1.165, 1.54) is 64.8 Å². The standard InChI is InChI=1S/C14H29N3/c1-3-17-10-6-7-13(12-17)15-11-14-8-4-5-9-16(14)2/h13-15H,3-12H2,1-2H3. The normalized spacial score (nSPS) is 32.8. The Hall–Kier alpha value is -0.120. The third-order valence-corrected chi connectivity index (χ3v) is 4.52. The van der Waals surface area contributed by atoms with Crippen LogP contribution in [0.2, 0.25) is 0 Å². The quantitative estimate of drug-likeness (QED) is 0.803. The molecule has 0 spiro atoms. The fourth-order valence-electron chi connectivity index (χ4n) is 3.21. The minimum absolute atomic E-state index is 0.735. The molecule has 2 unspecified atom stereocenters. The van der Waals surface area contributed by atoms with Gasteiger partial charge in [0.25, 0.3) is 0 Å². The number of likely N-dealkylation sites (tertiary alicyclic amines) is 2. The van der Waals surface area contributed by atoms with Gasteiger partial charge in [-0.25, -0.2) is 0 Å². The maximum absolute atomic E-state index is 3.80. The van der Waals surface area contributed by atoms with Crippen molar-refractivity contribution in [1.82, 2.24) is 15.1 Å². The van der Waals surface area contributed by atoms with Crippen LogP contribution in [0.15, 0.2) is 0 Å². The minimum Gasteiger partial charge on any atom is -0.311 e. The predicted molar refractivity (Wildman–Crippen MR) is 73.4 cm³/mol. The van der Waals surface area contributed by atoms with E-state index in [-0.39, 0.29) is 0 Å². The summed E-state index contributed by atoms with van der Waals surface area (Å²) in [6.45, 7) is 8.53. The molecule has 17 heavy (non-hydrogen) atoms. The Morgan fingerprint density at radius 1 is 1.12 bits per heavy atom. The van der Waals surface area contributed by atoms with Gasteiger partial charge in [-0.1, -0.05) is 13.3 Å². The lowest BCUT2D eigenvalue weighted by atomic mass is 10.0. The molecule has 0 aromatic rings. The molecular weight excluding hydrogens is 210 g/mol. The van der Waals surface area contributed by atoms with Crippen LogP contribution in [-0.2, 0) is 0 Å². The van der Waals surface area contributed by atoms with Crippen molar-refractivity contribution in [3.63, 3.8) is 0 Å². The van der Waals surface area contributed by atoms with Crippen molar-refractivity contribution in [2.75, 3.05) is 39.8 Å². The van der Waals surface area contributed by atoms with E-state index in [1.807, 2.05) is 0 Å². The molecule has 2 aliphatic rings. The Morgan fingerprint density at radius 3 is 2.76 bits per heavy atom. The molecule has 2 heterocycles. The van der Waals surface area contributed by atoms with Gasteiger partial charge in [0.05, 0.1) is 0 Å². The van der Waals surface area contributed by atoms with E-state index in [2.05, 4.69) is 29.1 Å². The minimum atomic E-state index is 0.735. The second-order valence-electron chi connectivity index (χ2n) is 5.77. The molecule has 3 heteroatoms. The maximum Gasteiger partial charge on any atom is 0.0217 e. The average Bonchev–Trinajstić information content (AvgIpc) is 2.38. The first-order valence-corrected chi connectivity index (χ1v) is 7.45. The van der Waals surface area contributed by atoms with Gasteiger partial charge in [0.1, 0.15) is 0 Å². The number of nitrogens with zero attached hydrogens (tertiary/aromatic N) is 2. The van der Waals surface area contributed by atoms with Crippen LogP contribution in [0.4, 0.5) is 0 Å². The molecule has 0 aromatic carbocycles. The first-order valence-electron chi connectivity index (χ1n) is 7.45. The number of hydrogen-bond acceptors (Lipinski definition) is 3. The summed E-state index contributed by atoms with van der Waals surface area (Å²) in [5.74, 6) is 0. The van der Waals surface area contributed by atoms with Crippen molar-refractivity contribution in [3.8, 4) is 0 Å². The summed E-state index contributed by atoms with van der Waals surface area (Å²) in [7, 11) is 2.28. The Morgan fingerprint density at radius 2 is 2.00 bits per heavy atom. The molecule has 2 fully saturated rings. The summed E-state index contributed by atoms with van der Waals surface area (Å²) in [6, 6.07) is 1.51. The van der Waals surface area contributed by atoms with Gasteiger partial charge >= 0.3 is 0 Å². The highest BCUT2D eigenvalue weighted by Crippen LogP contribution is 2.15. The molecule has 0 amide bonds. The molecule has 1 N–H and O–H groups in total. The first kappa shape index (κ1) is 13.3. The van der Waals surface area contributed by atoms with Crippen LogP contribution in [0.25, 0.3) is 0 Å². The van der Waals surface area contributed by atoms with Crippen LogP contribution < -0.4 is 5.32 Å². The molecule has 0 bridgehead atoms. The van der Waals surface area contributed by atoms with Gasteiger partial charge in [0, 0.05) is 25.2 Å². The van der Waals surface area contributed by atoms with Crippen molar-refractivity contribution < 1.29 is 0 Å². The number of likely N-dealkylation sites (N-methyl/N-ethyl adjacent to an activating group) is 2.